The molecule has 0 aliphatic carbocycles. The van der Waals surface area contributed by atoms with Gasteiger partial charge in [-0.15, -0.1) is 0 Å². The molecule has 4 heteroatoms. The van der Waals surface area contributed by atoms with Crippen molar-refractivity contribution < 1.29 is 14.6 Å². The van der Waals surface area contributed by atoms with Gasteiger partial charge in [0.15, 0.2) is 0 Å². The summed E-state index contributed by atoms with van der Waals surface area (Å²) < 4.78 is 4.51. The Kier molecular flexibility index (Phi) is 6.20. The SMILES string of the molecule is COC(=O)C(C)C(O)CCSC. The van der Waals surface area contributed by atoms with Crippen LogP contribution in [-0.2, 0) is 9.53 Å². The lowest BCUT2D eigenvalue weighted by molar-refractivity contribution is -0.148. The standard InChI is InChI=1S/C8H16O3S/c1-6(8(10)11-2)7(9)4-5-12-3/h6-7,9H,4-5H2,1-3H3. The van der Waals surface area contributed by atoms with Crippen molar-refractivity contribution in [2.75, 3.05) is 19.1 Å². The fourth-order valence-corrected chi connectivity index (χ4v) is 1.31. The highest BCUT2D eigenvalue weighted by Gasteiger charge is 2.21. The van der Waals surface area contributed by atoms with Crippen molar-refractivity contribution in [3.05, 3.63) is 0 Å². The summed E-state index contributed by atoms with van der Waals surface area (Å²) in [6.45, 7) is 1.68. The summed E-state index contributed by atoms with van der Waals surface area (Å²) >= 11 is 1.65. The fourth-order valence-electron chi connectivity index (χ4n) is 0.832. The lowest BCUT2D eigenvalue weighted by Crippen LogP contribution is -2.27. The number of aliphatic hydroxyl groups is 1. The van der Waals surface area contributed by atoms with E-state index in [1.807, 2.05) is 6.26 Å². The van der Waals surface area contributed by atoms with Gasteiger partial charge in [-0.05, 0) is 25.4 Å². The van der Waals surface area contributed by atoms with E-state index in [0.717, 1.165) is 5.75 Å². The van der Waals surface area contributed by atoms with Crippen LogP contribution in [0.5, 0.6) is 0 Å². The zero-order valence-electron chi connectivity index (χ0n) is 7.74. The normalized spacial score (nSPS) is 15.3. The van der Waals surface area contributed by atoms with Crippen molar-refractivity contribution in [2.45, 2.75) is 19.4 Å². The molecule has 0 aromatic heterocycles. The van der Waals surface area contributed by atoms with E-state index in [1.165, 1.54) is 7.11 Å². The first-order chi connectivity index (χ1) is 5.63. The second-order valence-electron chi connectivity index (χ2n) is 2.66. The van der Waals surface area contributed by atoms with E-state index >= 15 is 0 Å². The molecule has 0 aliphatic rings. The van der Waals surface area contributed by atoms with Crippen LogP contribution in [0, 0.1) is 5.92 Å². The highest BCUT2D eigenvalue weighted by molar-refractivity contribution is 7.98. The number of methoxy groups -OCH3 is 1. The number of hydrogen-bond donors (Lipinski definition) is 1. The van der Waals surface area contributed by atoms with E-state index in [1.54, 1.807) is 18.7 Å². The molecule has 0 saturated heterocycles. The lowest BCUT2D eigenvalue weighted by Gasteiger charge is -2.15. The smallest absolute Gasteiger partial charge is 0.311 e. The molecule has 0 fully saturated rings. The zero-order valence-corrected chi connectivity index (χ0v) is 8.56. The van der Waals surface area contributed by atoms with Crippen LogP contribution in [0.4, 0.5) is 0 Å². The van der Waals surface area contributed by atoms with Crippen molar-refractivity contribution in [3.63, 3.8) is 0 Å². The lowest BCUT2D eigenvalue weighted by atomic mass is 10.0. The maximum atomic E-state index is 10.9. The van der Waals surface area contributed by atoms with Gasteiger partial charge in [-0.2, -0.15) is 11.8 Å². The van der Waals surface area contributed by atoms with Crippen molar-refractivity contribution in [1.29, 1.82) is 0 Å². The van der Waals surface area contributed by atoms with E-state index in [9.17, 15) is 9.90 Å². The van der Waals surface area contributed by atoms with Crippen LogP contribution < -0.4 is 0 Å². The maximum Gasteiger partial charge on any atom is 0.311 e. The van der Waals surface area contributed by atoms with Gasteiger partial charge >= 0.3 is 5.97 Å². The minimum Gasteiger partial charge on any atom is -0.469 e. The number of hydrogen-bond acceptors (Lipinski definition) is 4. The molecule has 0 rings (SSSR count). The molecular weight excluding hydrogens is 176 g/mol. The predicted molar refractivity (Wildman–Crippen MR) is 50.2 cm³/mol. The summed E-state index contributed by atoms with van der Waals surface area (Å²) in [5.74, 6) is 0.105. The first kappa shape index (κ1) is 11.8. The molecule has 0 aromatic carbocycles. The van der Waals surface area contributed by atoms with E-state index in [-0.39, 0.29) is 5.97 Å². The number of esters is 1. The van der Waals surface area contributed by atoms with E-state index in [2.05, 4.69) is 4.74 Å². The molecule has 0 bridgehead atoms. The fraction of sp³-hybridized carbons (Fsp3) is 0.875. The highest BCUT2D eigenvalue weighted by atomic mass is 32.2. The molecule has 0 radical (unpaired) electrons. The molecule has 0 aromatic rings. The summed E-state index contributed by atoms with van der Waals surface area (Å²) in [7, 11) is 1.33. The molecule has 2 unspecified atom stereocenters. The van der Waals surface area contributed by atoms with Crippen molar-refractivity contribution in [2.24, 2.45) is 5.92 Å². The monoisotopic (exact) mass is 192 g/mol. The second-order valence-corrected chi connectivity index (χ2v) is 3.65. The Morgan fingerprint density at radius 3 is 2.67 bits per heavy atom. The number of ether oxygens (including phenoxy) is 1. The summed E-state index contributed by atoms with van der Waals surface area (Å²) in [4.78, 5) is 10.9. The Morgan fingerprint density at radius 2 is 2.25 bits per heavy atom. The first-order valence-corrected chi connectivity index (χ1v) is 5.27. The minimum atomic E-state index is -0.579. The largest absolute Gasteiger partial charge is 0.469 e. The molecule has 0 saturated carbocycles. The van der Waals surface area contributed by atoms with Gasteiger partial charge in [0.2, 0.25) is 0 Å². The Bertz CT molecular complexity index is 138. The summed E-state index contributed by atoms with van der Waals surface area (Å²) in [5.41, 5.74) is 0. The average Bonchev–Trinajstić information content (AvgIpc) is 2.11. The van der Waals surface area contributed by atoms with Crippen LogP contribution in [0.25, 0.3) is 0 Å². The molecular formula is C8H16O3S. The number of rotatable bonds is 5. The van der Waals surface area contributed by atoms with Crippen LogP contribution in [0.1, 0.15) is 13.3 Å². The number of carbonyl (C=O) groups excluding carboxylic acids is 1. The van der Waals surface area contributed by atoms with Crippen LogP contribution in [-0.4, -0.2) is 36.3 Å². The van der Waals surface area contributed by atoms with Gasteiger partial charge in [-0.3, -0.25) is 4.79 Å². The topological polar surface area (TPSA) is 46.5 Å². The van der Waals surface area contributed by atoms with E-state index in [0.29, 0.717) is 6.42 Å². The second kappa shape index (κ2) is 6.31. The first-order valence-electron chi connectivity index (χ1n) is 3.88. The number of carbonyl (C=O) groups is 1. The van der Waals surface area contributed by atoms with Crippen LogP contribution in [0.3, 0.4) is 0 Å². The van der Waals surface area contributed by atoms with Gasteiger partial charge in [0, 0.05) is 0 Å². The zero-order chi connectivity index (χ0) is 9.56. The Balaban J connectivity index is 3.75. The summed E-state index contributed by atoms with van der Waals surface area (Å²) in [5, 5.41) is 9.44. The van der Waals surface area contributed by atoms with Crippen molar-refractivity contribution in [1.82, 2.24) is 0 Å². The molecule has 12 heavy (non-hydrogen) atoms. The highest BCUT2D eigenvalue weighted by Crippen LogP contribution is 2.11. The van der Waals surface area contributed by atoms with Crippen molar-refractivity contribution >= 4 is 17.7 Å². The maximum absolute atomic E-state index is 10.9. The summed E-state index contributed by atoms with van der Waals surface area (Å²) in [6, 6.07) is 0. The average molecular weight is 192 g/mol. The van der Waals surface area contributed by atoms with Gasteiger partial charge in [-0.1, -0.05) is 0 Å². The third-order valence-corrected chi connectivity index (χ3v) is 2.41. The number of aliphatic hydroxyl groups excluding tert-OH is 1. The quantitative estimate of drug-likeness (QED) is 0.658. The van der Waals surface area contributed by atoms with Crippen LogP contribution >= 0.6 is 11.8 Å². The van der Waals surface area contributed by atoms with Crippen LogP contribution in [0.2, 0.25) is 0 Å². The van der Waals surface area contributed by atoms with Gasteiger partial charge in [0.1, 0.15) is 0 Å². The third kappa shape index (κ3) is 3.97. The van der Waals surface area contributed by atoms with Crippen molar-refractivity contribution in [3.8, 4) is 0 Å². The van der Waals surface area contributed by atoms with Gasteiger partial charge < -0.3 is 9.84 Å². The molecule has 1 N–H and O–H groups in total. The summed E-state index contributed by atoms with van der Waals surface area (Å²) in [6.07, 6.45) is 2.03. The van der Waals surface area contributed by atoms with Gasteiger partial charge in [-0.25, -0.2) is 0 Å². The molecule has 0 amide bonds. The van der Waals surface area contributed by atoms with Gasteiger partial charge in [0.05, 0.1) is 19.1 Å². The molecule has 0 aliphatic heterocycles. The molecule has 72 valence electrons. The Morgan fingerprint density at radius 1 is 1.67 bits per heavy atom. The Labute approximate surface area is 77.5 Å². The minimum absolute atomic E-state index is 0.344. The molecule has 0 heterocycles. The molecule has 2 atom stereocenters. The molecule has 0 spiro atoms. The predicted octanol–water partition coefficient (Wildman–Crippen LogP) is 0.909. The third-order valence-electron chi connectivity index (χ3n) is 1.77. The molecule has 3 nitrogen and oxygen atoms in total. The van der Waals surface area contributed by atoms with Crippen LogP contribution in [0.15, 0.2) is 0 Å². The van der Waals surface area contributed by atoms with E-state index < -0.39 is 12.0 Å². The van der Waals surface area contributed by atoms with Gasteiger partial charge in [0.25, 0.3) is 0 Å². The Hall–Kier alpha value is -0.220. The number of thioether (sulfide) groups is 1. The van der Waals surface area contributed by atoms with E-state index in [4.69, 9.17) is 0 Å².